The summed E-state index contributed by atoms with van der Waals surface area (Å²) in [5.41, 5.74) is 0. The Bertz CT molecular complexity index is 374. The molecule has 1 amide bonds. The molecule has 1 unspecified atom stereocenters. The molecule has 0 saturated carbocycles. The molecule has 1 rings (SSSR count). The number of aromatic nitrogens is 3. The quantitative estimate of drug-likeness (QED) is 0.827. The summed E-state index contributed by atoms with van der Waals surface area (Å²) in [6, 6.07) is -1.01. The van der Waals surface area contributed by atoms with E-state index < -0.39 is 24.5 Å². The summed E-state index contributed by atoms with van der Waals surface area (Å²) < 4.78 is 35.9. The van der Waals surface area contributed by atoms with Gasteiger partial charge in [-0.15, -0.1) is 5.10 Å². The molecule has 0 bridgehead atoms. The fourth-order valence-corrected chi connectivity index (χ4v) is 1.13. The highest BCUT2D eigenvalue weighted by Gasteiger charge is 2.31. The van der Waals surface area contributed by atoms with Crippen molar-refractivity contribution in [3.8, 4) is 0 Å². The zero-order valence-electron chi connectivity index (χ0n) is 8.72. The summed E-state index contributed by atoms with van der Waals surface area (Å²) >= 11 is 0. The number of halogens is 3. The van der Waals surface area contributed by atoms with E-state index in [1.165, 1.54) is 6.92 Å². The van der Waals surface area contributed by atoms with Gasteiger partial charge in [0.05, 0.1) is 6.42 Å². The van der Waals surface area contributed by atoms with Crippen LogP contribution in [0, 0.1) is 6.92 Å². The number of H-pyrrole nitrogens is 1. The summed E-state index contributed by atoms with van der Waals surface area (Å²) in [7, 11) is 0. The van der Waals surface area contributed by atoms with Crippen LogP contribution in [0.25, 0.3) is 0 Å². The van der Waals surface area contributed by atoms with Crippen LogP contribution < -0.4 is 5.32 Å². The van der Waals surface area contributed by atoms with Crippen molar-refractivity contribution in [2.24, 2.45) is 0 Å². The van der Waals surface area contributed by atoms with E-state index in [-0.39, 0.29) is 5.82 Å². The van der Waals surface area contributed by atoms with Gasteiger partial charge < -0.3 is 5.32 Å². The van der Waals surface area contributed by atoms with Gasteiger partial charge in [0, 0.05) is 6.04 Å². The number of aromatic amines is 1. The second-order valence-corrected chi connectivity index (χ2v) is 3.44. The first kappa shape index (κ1) is 12.5. The van der Waals surface area contributed by atoms with E-state index in [1.54, 1.807) is 6.92 Å². The monoisotopic (exact) mass is 236 g/mol. The van der Waals surface area contributed by atoms with E-state index in [4.69, 9.17) is 0 Å². The Labute approximate surface area is 89.4 Å². The van der Waals surface area contributed by atoms with Gasteiger partial charge in [-0.2, -0.15) is 13.2 Å². The first-order valence-corrected chi connectivity index (χ1v) is 4.54. The van der Waals surface area contributed by atoms with Crippen molar-refractivity contribution in [1.82, 2.24) is 20.5 Å². The number of alkyl halides is 3. The molecule has 0 spiro atoms. The lowest BCUT2D eigenvalue weighted by Gasteiger charge is -2.14. The Morgan fingerprint density at radius 1 is 1.56 bits per heavy atom. The minimum Gasteiger partial charge on any atom is -0.346 e. The van der Waals surface area contributed by atoms with Gasteiger partial charge in [-0.05, 0) is 13.8 Å². The molecule has 0 aromatic carbocycles. The molecular weight excluding hydrogens is 225 g/mol. The Morgan fingerprint density at radius 3 is 2.62 bits per heavy atom. The minimum absolute atomic E-state index is 0.161. The number of carbonyl (C=O) groups is 1. The van der Waals surface area contributed by atoms with Crippen LogP contribution in [0.3, 0.4) is 0 Å². The second-order valence-electron chi connectivity index (χ2n) is 3.44. The molecule has 2 N–H and O–H groups in total. The van der Waals surface area contributed by atoms with Gasteiger partial charge in [0.15, 0.2) is 0 Å². The Balaban J connectivity index is 2.52. The predicted molar refractivity (Wildman–Crippen MR) is 48.7 cm³/mol. The van der Waals surface area contributed by atoms with Crippen molar-refractivity contribution in [3.05, 3.63) is 11.6 Å². The average molecular weight is 236 g/mol. The van der Waals surface area contributed by atoms with E-state index >= 15 is 0 Å². The summed E-state index contributed by atoms with van der Waals surface area (Å²) in [6.45, 7) is 2.85. The molecule has 5 nitrogen and oxygen atoms in total. The van der Waals surface area contributed by atoms with Gasteiger partial charge >= 0.3 is 6.18 Å². The van der Waals surface area contributed by atoms with E-state index in [1.807, 2.05) is 0 Å². The molecular formula is C8H11F3N4O. The molecule has 1 aromatic rings. The average Bonchev–Trinajstić information content (AvgIpc) is 2.47. The lowest BCUT2D eigenvalue weighted by Crippen LogP contribution is -2.36. The van der Waals surface area contributed by atoms with Crippen molar-refractivity contribution in [2.75, 3.05) is 0 Å². The summed E-state index contributed by atoms with van der Waals surface area (Å²) in [4.78, 5) is 15.0. The normalized spacial score (nSPS) is 13.6. The Kier molecular flexibility index (Phi) is 3.51. The highest BCUT2D eigenvalue weighted by Crippen LogP contribution is 2.21. The number of hydrogen-bond donors (Lipinski definition) is 2. The maximum absolute atomic E-state index is 12.0. The maximum atomic E-state index is 12.0. The van der Waals surface area contributed by atoms with Crippen LogP contribution in [-0.4, -0.2) is 33.3 Å². The molecule has 0 fully saturated rings. The van der Waals surface area contributed by atoms with Crippen LogP contribution in [0.1, 0.15) is 29.8 Å². The van der Waals surface area contributed by atoms with E-state index in [0.717, 1.165) is 0 Å². The first-order valence-electron chi connectivity index (χ1n) is 4.54. The number of rotatable bonds is 3. The first-order chi connectivity index (χ1) is 7.28. The highest BCUT2D eigenvalue weighted by molar-refractivity contribution is 5.90. The third-order valence-electron chi connectivity index (χ3n) is 1.72. The van der Waals surface area contributed by atoms with Crippen LogP contribution in [0.15, 0.2) is 0 Å². The maximum Gasteiger partial charge on any atom is 0.391 e. The minimum atomic E-state index is -4.30. The lowest BCUT2D eigenvalue weighted by molar-refractivity contribution is -0.138. The van der Waals surface area contributed by atoms with Crippen molar-refractivity contribution in [2.45, 2.75) is 32.5 Å². The summed E-state index contributed by atoms with van der Waals surface area (Å²) in [5, 5.41) is 8.12. The van der Waals surface area contributed by atoms with Gasteiger partial charge in [-0.3, -0.25) is 9.89 Å². The lowest BCUT2D eigenvalue weighted by atomic mass is 10.2. The molecule has 0 aliphatic rings. The van der Waals surface area contributed by atoms with Gasteiger partial charge in [0.1, 0.15) is 5.82 Å². The second kappa shape index (κ2) is 4.50. The van der Waals surface area contributed by atoms with E-state index in [9.17, 15) is 18.0 Å². The summed E-state index contributed by atoms with van der Waals surface area (Å²) in [5.74, 6) is -0.457. The van der Waals surface area contributed by atoms with Gasteiger partial charge in [0.25, 0.3) is 5.91 Å². The van der Waals surface area contributed by atoms with Crippen molar-refractivity contribution >= 4 is 5.91 Å². The molecule has 8 heteroatoms. The number of carbonyl (C=O) groups excluding carboxylic acids is 1. The molecule has 16 heavy (non-hydrogen) atoms. The molecule has 1 atom stereocenters. The van der Waals surface area contributed by atoms with Crippen LogP contribution >= 0.6 is 0 Å². The molecule has 0 aliphatic carbocycles. The van der Waals surface area contributed by atoms with Crippen molar-refractivity contribution in [3.63, 3.8) is 0 Å². The fourth-order valence-electron chi connectivity index (χ4n) is 1.13. The molecule has 1 heterocycles. The Hall–Kier alpha value is -1.60. The van der Waals surface area contributed by atoms with Gasteiger partial charge in [-0.1, -0.05) is 0 Å². The standard InChI is InChI=1S/C8H11F3N4O/c1-4(3-8(9,10)11)12-7(16)6-13-5(2)14-15-6/h4H,3H2,1-2H3,(H,12,16)(H,13,14,15). The van der Waals surface area contributed by atoms with Gasteiger partial charge in [0.2, 0.25) is 5.82 Å². The topological polar surface area (TPSA) is 70.7 Å². The highest BCUT2D eigenvalue weighted by atomic mass is 19.4. The molecule has 0 radical (unpaired) electrons. The number of aryl methyl sites for hydroxylation is 1. The fraction of sp³-hybridized carbons (Fsp3) is 0.625. The molecule has 0 aliphatic heterocycles. The number of nitrogens with zero attached hydrogens (tertiary/aromatic N) is 2. The molecule has 1 aromatic heterocycles. The molecule has 90 valence electrons. The van der Waals surface area contributed by atoms with E-state index in [2.05, 4.69) is 20.5 Å². The van der Waals surface area contributed by atoms with Crippen molar-refractivity contribution in [1.29, 1.82) is 0 Å². The number of hydrogen-bond acceptors (Lipinski definition) is 3. The molecule has 0 saturated heterocycles. The summed E-state index contributed by atoms with van der Waals surface area (Å²) in [6.07, 6.45) is -5.39. The SMILES string of the molecule is Cc1nc(C(=O)NC(C)CC(F)(F)F)n[nH]1. The van der Waals surface area contributed by atoms with Crippen LogP contribution in [0.4, 0.5) is 13.2 Å². The van der Waals surface area contributed by atoms with E-state index in [0.29, 0.717) is 5.82 Å². The Morgan fingerprint density at radius 2 is 2.19 bits per heavy atom. The number of amides is 1. The number of nitrogens with one attached hydrogen (secondary N) is 2. The predicted octanol–water partition coefficient (Wildman–Crippen LogP) is 1.18. The largest absolute Gasteiger partial charge is 0.391 e. The third kappa shape index (κ3) is 3.87. The van der Waals surface area contributed by atoms with Crippen LogP contribution in [0.2, 0.25) is 0 Å². The smallest absolute Gasteiger partial charge is 0.346 e. The zero-order chi connectivity index (χ0) is 12.3. The third-order valence-corrected chi connectivity index (χ3v) is 1.72. The van der Waals surface area contributed by atoms with Crippen molar-refractivity contribution < 1.29 is 18.0 Å². The van der Waals surface area contributed by atoms with Gasteiger partial charge in [-0.25, -0.2) is 4.98 Å². The van der Waals surface area contributed by atoms with Crippen LogP contribution in [-0.2, 0) is 0 Å². The van der Waals surface area contributed by atoms with Crippen LogP contribution in [0.5, 0.6) is 0 Å². The zero-order valence-corrected chi connectivity index (χ0v) is 8.72.